The molecular weight excluding hydrogens is 524 g/mol. The van der Waals surface area contributed by atoms with Gasteiger partial charge in [-0.25, -0.2) is 4.79 Å². The second-order valence-corrected chi connectivity index (χ2v) is 8.75. The third-order valence-corrected chi connectivity index (χ3v) is 5.04. The van der Waals surface area contributed by atoms with Crippen LogP contribution >= 0.6 is 0 Å². The van der Waals surface area contributed by atoms with Gasteiger partial charge in [-0.05, 0) is 104 Å². The highest BCUT2D eigenvalue weighted by Crippen LogP contribution is 2.16. The van der Waals surface area contributed by atoms with E-state index >= 15 is 0 Å². The van der Waals surface area contributed by atoms with Crippen LogP contribution in [0.25, 0.3) is 0 Å². The maximum absolute atomic E-state index is 11.8. The Morgan fingerprint density at radius 3 is 1.20 bits per heavy atom. The zero-order valence-electron chi connectivity index (χ0n) is 22.8. The number of aromatic hydroxyl groups is 2. The zero-order chi connectivity index (χ0) is 30.2. The number of nitrogens with two attached hydrogens (primary N) is 4. The van der Waals surface area contributed by atoms with Gasteiger partial charge in [-0.3, -0.25) is 0 Å². The Kier molecular flexibility index (Phi) is 12.7. The largest absolute Gasteiger partial charge is 0.508 e. The summed E-state index contributed by atoms with van der Waals surface area (Å²) in [5.74, 6) is 1.25. The second-order valence-electron chi connectivity index (χ2n) is 8.75. The van der Waals surface area contributed by atoms with E-state index < -0.39 is 12.1 Å². The van der Waals surface area contributed by atoms with E-state index in [9.17, 15) is 4.79 Å². The zero-order valence-corrected chi connectivity index (χ0v) is 22.8. The van der Waals surface area contributed by atoms with Crippen LogP contribution in [-0.4, -0.2) is 35.5 Å². The smallest absolute Gasteiger partial charge is 0.333 e. The first-order valence-corrected chi connectivity index (χ1v) is 12.4. The third kappa shape index (κ3) is 13.2. The lowest BCUT2D eigenvalue weighted by Gasteiger charge is -2.19. The van der Waals surface area contributed by atoms with Crippen molar-refractivity contribution in [2.24, 2.45) is 0 Å². The normalized spacial score (nSPS) is 9.80. The van der Waals surface area contributed by atoms with Gasteiger partial charge in [-0.2, -0.15) is 0 Å². The number of esters is 1. The molecule has 216 valence electrons. The molecule has 0 saturated heterocycles. The molecule has 0 aliphatic carbocycles. The first kappa shape index (κ1) is 31.7. The van der Waals surface area contributed by atoms with Gasteiger partial charge in [0, 0.05) is 28.3 Å². The van der Waals surface area contributed by atoms with Crippen LogP contribution in [0.4, 0.5) is 22.7 Å². The van der Waals surface area contributed by atoms with Gasteiger partial charge in [0.25, 0.3) is 0 Å². The van der Waals surface area contributed by atoms with E-state index in [0.717, 1.165) is 0 Å². The summed E-state index contributed by atoms with van der Waals surface area (Å²) < 4.78 is 16.7. The number of carbonyl (C=O) groups excluding carboxylic acids is 1. The Balaban J connectivity index is 0.000000295. The van der Waals surface area contributed by atoms with Crippen LogP contribution < -0.4 is 32.4 Å². The van der Waals surface area contributed by atoms with Crippen LogP contribution in [0.3, 0.4) is 0 Å². The molecule has 0 radical (unpaired) electrons. The van der Waals surface area contributed by atoms with Crippen molar-refractivity contribution in [3.8, 4) is 23.0 Å². The Hall–Kier alpha value is -5.51. The number of rotatable bonds is 8. The Bertz CT molecular complexity index is 1210. The van der Waals surface area contributed by atoms with Gasteiger partial charge in [0.1, 0.15) is 36.2 Å². The molecule has 4 aromatic carbocycles. The summed E-state index contributed by atoms with van der Waals surface area (Å²) in [5.41, 5.74) is 24.8. The van der Waals surface area contributed by atoms with E-state index in [1.54, 1.807) is 104 Å². The first-order chi connectivity index (χ1) is 19.5. The SMILES string of the molecule is C=C(C)C(=O)OC(COc1ccc(N)cc1)COc1ccc(N)cc1.Nc1ccc(O)cc1.Nc1ccc(O)cc1. The summed E-state index contributed by atoms with van der Waals surface area (Å²) in [4.78, 5) is 11.8. The van der Waals surface area contributed by atoms with Crippen LogP contribution in [0.1, 0.15) is 6.92 Å². The van der Waals surface area contributed by atoms with Gasteiger partial charge in [0.05, 0.1) is 0 Å². The lowest BCUT2D eigenvalue weighted by atomic mass is 10.3. The summed E-state index contributed by atoms with van der Waals surface area (Å²) >= 11 is 0. The molecule has 10 heteroatoms. The summed E-state index contributed by atoms with van der Waals surface area (Å²) in [5, 5.41) is 17.4. The highest BCUT2D eigenvalue weighted by molar-refractivity contribution is 5.87. The van der Waals surface area contributed by atoms with Crippen LogP contribution in [-0.2, 0) is 9.53 Å². The first-order valence-electron chi connectivity index (χ1n) is 12.4. The average molecular weight is 561 g/mol. The number of benzene rings is 4. The fourth-order valence-corrected chi connectivity index (χ4v) is 2.82. The molecule has 0 spiro atoms. The number of phenolic OH excluding ortho intramolecular Hbond substituents is 2. The maximum Gasteiger partial charge on any atom is 0.333 e. The summed E-state index contributed by atoms with van der Waals surface area (Å²) in [6.45, 7) is 5.44. The van der Waals surface area contributed by atoms with Crippen molar-refractivity contribution in [1.29, 1.82) is 0 Å². The molecule has 4 aromatic rings. The van der Waals surface area contributed by atoms with Crippen LogP contribution in [0.15, 0.2) is 109 Å². The molecule has 4 rings (SSSR count). The van der Waals surface area contributed by atoms with Crippen molar-refractivity contribution in [2.45, 2.75) is 13.0 Å². The minimum atomic E-state index is -0.598. The Labute approximate surface area is 239 Å². The van der Waals surface area contributed by atoms with Gasteiger partial charge in [0.2, 0.25) is 0 Å². The molecule has 0 amide bonds. The predicted octanol–water partition coefficient (Wildman–Crippen LogP) is 4.75. The standard InChI is InChI=1S/C19H22N2O4.2C6H7NO/c1-13(2)19(22)25-18(11-23-16-7-3-14(20)4-8-16)12-24-17-9-5-15(21)6-10-17;2*7-5-1-3-6(8)4-2-5/h3-10,18H,1,11-12,20-21H2,2H3;2*1-4,8H,7H2. The molecule has 41 heavy (non-hydrogen) atoms. The van der Waals surface area contributed by atoms with E-state index in [0.29, 0.717) is 39.8 Å². The molecule has 0 fully saturated rings. The van der Waals surface area contributed by atoms with Crippen molar-refractivity contribution in [3.63, 3.8) is 0 Å². The van der Waals surface area contributed by atoms with E-state index in [4.69, 9.17) is 47.4 Å². The number of nitrogen functional groups attached to an aromatic ring is 4. The van der Waals surface area contributed by atoms with Gasteiger partial charge in [-0.1, -0.05) is 6.58 Å². The number of carbonyl (C=O) groups is 1. The van der Waals surface area contributed by atoms with Crippen LogP contribution in [0, 0.1) is 0 Å². The summed E-state index contributed by atoms with van der Waals surface area (Å²) in [6.07, 6.45) is -0.598. The third-order valence-electron chi connectivity index (χ3n) is 5.04. The van der Waals surface area contributed by atoms with Gasteiger partial charge in [0.15, 0.2) is 6.10 Å². The van der Waals surface area contributed by atoms with Crippen molar-refractivity contribution in [2.75, 3.05) is 36.1 Å². The molecule has 10 N–H and O–H groups in total. The van der Waals surface area contributed by atoms with Gasteiger partial charge in [-0.15, -0.1) is 0 Å². The average Bonchev–Trinajstić information content (AvgIpc) is 2.95. The molecule has 0 bridgehead atoms. The lowest BCUT2D eigenvalue weighted by molar-refractivity contribution is -0.147. The van der Waals surface area contributed by atoms with E-state index in [1.807, 2.05) is 0 Å². The van der Waals surface area contributed by atoms with Crippen molar-refractivity contribution in [3.05, 3.63) is 109 Å². The number of hydrogen-bond donors (Lipinski definition) is 6. The minimum absolute atomic E-state index is 0.137. The minimum Gasteiger partial charge on any atom is -0.508 e. The summed E-state index contributed by atoms with van der Waals surface area (Å²) in [6, 6.07) is 26.7. The van der Waals surface area contributed by atoms with Gasteiger partial charge < -0.3 is 47.4 Å². The molecule has 0 aromatic heterocycles. The highest BCUT2D eigenvalue weighted by atomic mass is 16.6. The Morgan fingerprint density at radius 2 is 0.927 bits per heavy atom. The molecule has 0 aliphatic heterocycles. The van der Waals surface area contributed by atoms with E-state index in [1.165, 1.54) is 0 Å². The van der Waals surface area contributed by atoms with Crippen molar-refractivity contribution < 1.29 is 29.2 Å². The molecule has 0 aliphatic rings. The number of hydrogen-bond acceptors (Lipinski definition) is 10. The fraction of sp³-hybridized carbons (Fsp3) is 0.129. The van der Waals surface area contributed by atoms with E-state index in [-0.39, 0.29) is 24.7 Å². The van der Waals surface area contributed by atoms with Crippen LogP contribution in [0.2, 0.25) is 0 Å². The van der Waals surface area contributed by atoms with Crippen molar-refractivity contribution in [1.82, 2.24) is 0 Å². The molecule has 0 unspecified atom stereocenters. The molecular formula is C31H36N4O6. The monoisotopic (exact) mass is 560 g/mol. The Morgan fingerprint density at radius 1 is 0.634 bits per heavy atom. The molecule has 0 saturated carbocycles. The van der Waals surface area contributed by atoms with Crippen molar-refractivity contribution >= 4 is 28.7 Å². The van der Waals surface area contributed by atoms with Crippen LogP contribution in [0.5, 0.6) is 23.0 Å². The lowest BCUT2D eigenvalue weighted by Crippen LogP contribution is -2.31. The quantitative estimate of drug-likeness (QED) is 0.0759. The van der Waals surface area contributed by atoms with E-state index in [2.05, 4.69) is 6.58 Å². The highest BCUT2D eigenvalue weighted by Gasteiger charge is 2.17. The fourth-order valence-electron chi connectivity index (χ4n) is 2.82. The topological polar surface area (TPSA) is 189 Å². The van der Waals surface area contributed by atoms with Gasteiger partial charge >= 0.3 is 5.97 Å². The number of phenols is 2. The molecule has 0 atom stereocenters. The predicted molar refractivity (Wildman–Crippen MR) is 162 cm³/mol. The summed E-state index contributed by atoms with van der Waals surface area (Å²) in [7, 11) is 0. The molecule has 10 nitrogen and oxygen atoms in total. The maximum atomic E-state index is 11.8. The second kappa shape index (κ2) is 16.5. The number of ether oxygens (including phenoxy) is 3. The molecule has 0 heterocycles. The number of anilines is 4.